The van der Waals surface area contributed by atoms with Crippen molar-refractivity contribution in [2.75, 3.05) is 0 Å². The van der Waals surface area contributed by atoms with Gasteiger partial charge in [-0.15, -0.1) is 12.3 Å². The fraction of sp³-hybridized carbons (Fsp3) is 0.263. The van der Waals surface area contributed by atoms with E-state index in [1.807, 2.05) is 0 Å². The van der Waals surface area contributed by atoms with Crippen molar-refractivity contribution < 1.29 is 31.4 Å². The molecule has 0 amide bonds. The Kier molecular flexibility index (Phi) is 5.11. The zero-order valence-electron chi connectivity index (χ0n) is 13.5. The Labute approximate surface area is 146 Å². The van der Waals surface area contributed by atoms with Crippen molar-refractivity contribution >= 4 is 0 Å². The second kappa shape index (κ2) is 6.69. The molecule has 0 heterocycles. The first-order chi connectivity index (χ1) is 11.9. The van der Waals surface area contributed by atoms with E-state index in [9.17, 15) is 31.4 Å². The third-order valence-corrected chi connectivity index (χ3v) is 4.01. The number of benzene rings is 2. The van der Waals surface area contributed by atoms with E-state index in [0.717, 1.165) is 0 Å². The first-order valence-electron chi connectivity index (χ1n) is 7.41. The minimum Gasteiger partial charge on any atom is -0.379 e. The second-order valence-corrected chi connectivity index (χ2v) is 5.85. The van der Waals surface area contributed by atoms with Crippen LogP contribution >= 0.6 is 0 Å². The molecule has 1 atom stereocenters. The summed E-state index contributed by atoms with van der Waals surface area (Å²) in [7, 11) is 0. The van der Waals surface area contributed by atoms with Crippen LogP contribution in [0, 0.1) is 19.3 Å². The molecule has 0 bridgehead atoms. The molecule has 1 N–H and O–H groups in total. The smallest absolute Gasteiger partial charge is 0.379 e. The number of aryl methyl sites for hydroxylation is 1. The topological polar surface area (TPSA) is 20.2 Å². The van der Waals surface area contributed by atoms with Crippen LogP contribution in [0.3, 0.4) is 0 Å². The molecule has 0 saturated heterocycles. The highest BCUT2D eigenvalue weighted by molar-refractivity contribution is 5.45. The summed E-state index contributed by atoms with van der Waals surface area (Å²) in [6.07, 6.45) is -5.29. The van der Waals surface area contributed by atoms with Gasteiger partial charge in [-0.3, -0.25) is 0 Å². The second-order valence-electron chi connectivity index (χ2n) is 5.85. The van der Waals surface area contributed by atoms with E-state index in [-0.39, 0.29) is 11.6 Å². The third-order valence-electron chi connectivity index (χ3n) is 4.01. The minimum absolute atomic E-state index is 0.0116. The van der Waals surface area contributed by atoms with E-state index in [1.54, 1.807) is 19.1 Å². The minimum atomic E-state index is -5.02. The lowest BCUT2D eigenvalue weighted by molar-refractivity contribution is -0.143. The zero-order chi connectivity index (χ0) is 19.8. The molecule has 2 aromatic carbocycles. The van der Waals surface area contributed by atoms with Gasteiger partial charge in [0.2, 0.25) is 0 Å². The van der Waals surface area contributed by atoms with Gasteiger partial charge in [0.1, 0.15) is 5.60 Å². The van der Waals surface area contributed by atoms with E-state index in [4.69, 9.17) is 6.42 Å². The summed E-state index contributed by atoms with van der Waals surface area (Å²) >= 11 is 0. The molecule has 138 valence electrons. The van der Waals surface area contributed by atoms with Gasteiger partial charge >= 0.3 is 12.4 Å². The summed E-state index contributed by atoms with van der Waals surface area (Å²) in [6, 6.07) is 7.15. The molecule has 0 aliphatic rings. The maximum absolute atomic E-state index is 13.1. The van der Waals surface area contributed by atoms with E-state index in [1.165, 1.54) is 12.1 Å². The molecule has 0 radical (unpaired) electrons. The molecule has 0 saturated carbocycles. The molecule has 0 aromatic heterocycles. The molecule has 2 aromatic rings. The molecule has 0 fully saturated rings. The summed E-state index contributed by atoms with van der Waals surface area (Å²) in [6.45, 7) is 1.58. The highest BCUT2D eigenvalue weighted by Gasteiger charge is 2.40. The monoisotopic (exact) mass is 372 g/mol. The molecule has 0 aliphatic heterocycles. The van der Waals surface area contributed by atoms with Gasteiger partial charge in [-0.1, -0.05) is 24.3 Å². The van der Waals surface area contributed by atoms with Crippen LogP contribution in [-0.4, -0.2) is 5.11 Å². The first-order valence-corrected chi connectivity index (χ1v) is 7.41. The van der Waals surface area contributed by atoms with Gasteiger partial charge in [0.25, 0.3) is 0 Å². The van der Waals surface area contributed by atoms with E-state index in [0.29, 0.717) is 17.7 Å². The van der Waals surface area contributed by atoms with Crippen molar-refractivity contribution in [1.82, 2.24) is 0 Å². The SMILES string of the molecule is C#CCC(O)(c1cc(C(F)(F)F)cc(C(F)(F)F)c1)c1ccccc1C. The largest absolute Gasteiger partial charge is 0.416 e. The van der Waals surface area contributed by atoms with Crippen LogP contribution in [0.15, 0.2) is 42.5 Å². The maximum Gasteiger partial charge on any atom is 0.416 e. The molecule has 1 nitrogen and oxygen atoms in total. The number of hydrogen-bond donors (Lipinski definition) is 1. The van der Waals surface area contributed by atoms with Crippen LogP contribution < -0.4 is 0 Å². The van der Waals surface area contributed by atoms with Crippen LogP contribution in [0.4, 0.5) is 26.3 Å². The summed E-state index contributed by atoms with van der Waals surface area (Å²) in [5, 5.41) is 11.0. The molecular formula is C19H14F6O. The van der Waals surface area contributed by atoms with Crippen LogP contribution in [0.5, 0.6) is 0 Å². The zero-order valence-corrected chi connectivity index (χ0v) is 13.5. The number of halogens is 6. The Hall–Kier alpha value is -2.46. The fourth-order valence-corrected chi connectivity index (χ4v) is 2.73. The number of rotatable bonds is 3. The van der Waals surface area contributed by atoms with Crippen LogP contribution in [-0.2, 0) is 18.0 Å². The Morgan fingerprint density at radius 1 is 0.885 bits per heavy atom. The van der Waals surface area contributed by atoms with Crippen molar-refractivity contribution in [3.8, 4) is 12.3 Å². The summed E-state index contributed by atoms with van der Waals surface area (Å²) in [4.78, 5) is 0. The van der Waals surface area contributed by atoms with Gasteiger partial charge in [-0.05, 0) is 41.8 Å². The number of aliphatic hydroxyl groups is 1. The van der Waals surface area contributed by atoms with Crippen molar-refractivity contribution in [1.29, 1.82) is 0 Å². The molecule has 2 rings (SSSR count). The van der Waals surface area contributed by atoms with Gasteiger partial charge in [0, 0.05) is 6.42 Å². The van der Waals surface area contributed by atoms with Crippen molar-refractivity contribution in [3.05, 3.63) is 70.3 Å². The molecule has 0 spiro atoms. The van der Waals surface area contributed by atoms with Gasteiger partial charge in [-0.25, -0.2) is 0 Å². The predicted octanol–water partition coefficient (Wildman–Crippen LogP) is 5.29. The van der Waals surface area contributed by atoms with Gasteiger partial charge < -0.3 is 5.11 Å². The molecule has 7 heteroatoms. The average Bonchev–Trinajstić information content (AvgIpc) is 2.53. The van der Waals surface area contributed by atoms with E-state index >= 15 is 0 Å². The van der Waals surface area contributed by atoms with Gasteiger partial charge in [0.05, 0.1) is 11.1 Å². The van der Waals surface area contributed by atoms with Crippen LogP contribution in [0.1, 0.15) is 34.2 Å². The number of alkyl halides is 6. The summed E-state index contributed by atoms with van der Waals surface area (Å²) in [5.74, 6) is 2.14. The Morgan fingerprint density at radius 2 is 1.35 bits per heavy atom. The fourth-order valence-electron chi connectivity index (χ4n) is 2.73. The van der Waals surface area contributed by atoms with Crippen LogP contribution in [0.2, 0.25) is 0 Å². The number of terminal acetylenes is 1. The Morgan fingerprint density at radius 3 is 1.77 bits per heavy atom. The lowest BCUT2D eigenvalue weighted by Crippen LogP contribution is -2.29. The van der Waals surface area contributed by atoms with Crippen molar-refractivity contribution in [3.63, 3.8) is 0 Å². The van der Waals surface area contributed by atoms with Crippen LogP contribution in [0.25, 0.3) is 0 Å². The predicted molar refractivity (Wildman–Crippen MR) is 84.1 cm³/mol. The standard InChI is InChI=1S/C19H14F6O/c1-3-8-17(26,16-7-5-4-6-12(16)2)13-9-14(18(20,21)22)11-15(10-13)19(23,24)25/h1,4-7,9-11,26H,8H2,2H3. The normalized spacial score (nSPS) is 14.6. The third kappa shape index (κ3) is 3.86. The molecular weight excluding hydrogens is 358 g/mol. The van der Waals surface area contributed by atoms with Crippen molar-refractivity contribution in [2.24, 2.45) is 0 Å². The van der Waals surface area contributed by atoms with Gasteiger partial charge in [-0.2, -0.15) is 26.3 Å². The molecule has 26 heavy (non-hydrogen) atoms. The summed E-state index contributed by atoms with van der Waals surface area (Å²) < 4.78 is 78.6. The number of hydrogen-bond acceptors (Lipinski definition) is 1. The molecule has 1 unspecified atom stereocenters. The average molecular weight is 372 g/mol. The highest BCUT2D eigenvalue weighted by atomic mass is 19.4. The highest BCUT2D eigenvalue weighted by Crippen LogP contribution is 2.41. The lowest BCUT2D eigenvalue weighted by atomic mass is 9.80. The first kappa shape index (κ1) is 19.9. The Bertz CT molecular complexity index is 812. The Balaban J connectivity index is 2.81. The van der Waals surface area contributed by atoms with Gasteiger partial charge in [0.15, 0.2) is 0 Å². The lowest BCUT2D eigenvalue weighted by Gasteiger charge is -2.30. The maximum atomic E-state index is 13.1. The summed E-state index contributed by atoms with van der Waals surface area (Å²) in [5.41, 5.74) is -5.15. The van der Waals surface area contributed by atoms with E-state index < -0.39 is 41.1 Å². The molecule has 0 aliphatic carbocycles. The van der Waals surface area contributed by atoms with E-state index in [2.05, 4.69) is 5.92 Å². The van der Waals surface area contributed by atoms with Crippen molar-refractivity contribution in [2.45, 2.75) is 31.3 Å². The quantitative estimate of drug-likeness (QED) is 0.573.